The Labute approximate surface area is 94.9 Å². The van der Waals surface area contributed by atoms with Crippen LogP contribution in [0.25, 0.3) is 0 Å². The van der Waals surface area contributed by atoms with Crippen molar-refractivity contribution >= 4 is 11.7 Å². The first-order valence-electron chi connectivity index (χ1n) is 5.20. The number of rotatable bonds is 5. The number of hydrogen-bond acceptors (Lipinski definition) is 3. The van der Waals surface area contributed by atoms with E-state index < -0.39 is 12.0 Å². The van der Waals surface area contributed by atoms with Gasteiger partial charge < -0.3 is 15.5 Å². The first kappa shape index (κ1) is 12.5. The summed E-state index contributed by atoms with van der Waals surface area (Å²) in [5.74, 6) is -0.919. The summed E-state index contributed by atoms with van der Waals surface area (Å²) < 4.78 is 0. The van der Waals surface area contributed by atoms with Crippen LogP contribution >= 0.6 is 0 Å². The summed E-state index contributed by atoms with van der Waals surface area (Å²) in [5, 5.41) is 20.8. The monoisotopic (exact) mass is 223 g/mol. The van der Waals surface area contributed by atoms with Gasteiger partial charge in [-0.25, -0.2) is 0 Å². The molecular formula is C12H17NO3. The quantitative estimate of drug-likeness (QED) is 0.708. The first-order chi connectivity index (χ1) is 7.54. The van der Waals surface area contributed by atoms with Crippen LogP contribution in [0.2, 0.25) is 0 Å². The van der Waals surface area contributed by atoms with Crippen LogP contribution in [-0.4, -0.2) is 28.8 Å². The lowest BCUT2D eigenvalue weighted by Gasteiger charge is -2.19. The van der Waals surface area contributed by atoms with Gasteiger partial charge in [0.2, 0.25) is 0 Å². The summed E-state index contributed by atoms with van der Waals surface area (Å²) in [7, 11) is 0. The number of aliphatic hydroxyl groups excluding tert-OH is 1. The molecular weight excluding hydrogens is 206 g/mol. The van der Waals surface area contributed by atoms with E-state index in [4.69, 9.17) is 10.2 Å². The van der Waals surface area contributed by atoms with Crippen LogP contribution < -0.4 is 5.32 Å². The van der Waals surface area contributed by atoms with Crippen LogP contribution in [0.3, 0.4) is 0 Å². The Morgan fingerprint density at radius 3 is 2.38 bits per heavy atom. The maximum absolute atomic E-state index is 10.6. The van der Waals surface area contributed by atoms with Gasteiger partial charge in [-0.1, -0.05) is 18.2 Å². The van der Waals surface area contributed by atoms with Crippen molar-refractivity contribution in [1.82, 2.24) is 0 Å². The van der Waals surface area contributed by atoms with Gasteiger partial charge in [-0.3, -0.25) is 4.79 Å². The number of carbonyl (C=O) groups is 1. The molecule has 1 aromatic rings. The van der Waals surface area contributed by atoms with E-state index in [0.717, 1.165) is 16.8 Å². The topological polar surface area (TPSA) is 69.6 Å². The lowest BCUT2D eigenvalue weighted by Crippen LogP contribution is -2.27. The number of hydrogen-bond donors (Lipinski definition) is 3. The van der Waals surface area contributed by atoms with Crippen LogP contribution in [0.15, 0.2) is 18.2 Å². The molecule has 1 aromatic carbocycles. The molecule has 1 unspecified atom stereocenters. The molecule has 1 rings (SSSR count). The molecule has 0 aromatic heterocycles. The minimum Gasteiger partial charge on any atom is -0.481 e. The number of carboxylic acid groups (broad SMARTS) is 1. The molecule has 3 N–H and O–H groups in total. The molecule has 0 fully saturated rings. The highest BCUT2D eigenvalue weighted by molar-refractivity contribution is 5.69. The second kappa shape index (κ2) is 5.51. The van der Waals surface area contributed by atoms with Crippen molar-refractivity contribution in [3.8, 4) is 0 Å². The maximum atomic E-state index is 10.6. The van der Waals surface area contributed by atoms with Gasteiger partial charge in [-0.2, -0.15) is 0 Å². The van der Waals surface area contributed by atoms with Crippen LogP contribution in [-0.2, 0) is 4.79 Å². The van der Waals surface area contributed by atoms with Crippen LogP contribution in [0, 0.1) is 13.8 Å². The lowest BCUT2D eigenvalue weighted by molar-refractivity contribution is -0.137. The van der Waals surface area contributed by atoms with E-state index in [1.54, 1.807) is 0 Å². The number of carboxylic acids is 1. The zero-order valence-electron chi connectivity index (χ0n) is 9.53. The summed E-state index contributed by atoms with van der Waals surface area (Å²) in [6.45, 7) is 3.70. The number of benzene rings is 1. The van der Waals surface area contributed by atoms with Crippen LogP contribution in [0.5, 0.6) is 0 Å². The molecule has 88 valence electrons. The maximum Gasteiger partial charge on any atom is 0.305 e. The molecule has 0 aliphatic carbocycles. The summed E-state index contributed by atoms with van der Waals surface area (Å²) in [5.41, 5.74) is 3.00. The predicted octanol–water partition coefficient (Wildman–Crippen LogP) is 1.55. The first-order valence-corrected chi connectivity index (χ1v) is 5.20. The third-order valence-electron chi connectivity index (χ3n) is 2.47. The van der Waals surface area contributed by atoms with Crippen molar-refractivity contribution in [2.75, 3.05) is 11.9 Å². The molecule has 0 saturated carbocycles. The number of aryl methyl sites for hydroxylation is 2. The Balaban J connectivity index is 2.81. The smallest absolute Gasteiger partial charge is 0.305 e. The summed E-state index contributed by atoms with van der Waals surface area (Å²) >= 11 is 0. The number of aliphatic carboxylic acids is 1. The van der Waals surface area contributed by atoms with Gasteiger partial charge >= 0.3 is 5.97 Å². The van der Waals surface area contributed by atoms with Gasteiger partial charge in [0.1, 0.15) is 0 Å². The molecule has 4 nitrogen and oxygen atoms in total. The van der Waals surface area contributed by atoms with Crippen molar-refractivity contribution < 1.29 is 15.0 Å². The Hall–Kier alpha value is -1.55. The van der Waals surface area contributed by atoms with Crippen molar-refractivity contribution in [1.29, 1.82) is 0 Å². The summed E-state index contributed by atoms with van der Waals surface area (Å²) in [4.78, 5) is 10.6. The molecule has 0 radical (unpaired) electrons. The third-order valence-corrected chi connectivity index (χ3v) is 2.47. The summed E-state index contributed by atoms with van der Waals surface area (Å²) in [6, 6.07) is 5.40. The Kier molecular flexibility index (Phi) is 4.31. The van der Waals surface area contributed by atoms with Crippen molar-refractivity contribution in [2.45, 2.75) is 26.3 Å². The van der Waals surface area contributed by atoms with Gasteiger partial charge in [0, 0.05) is 5.69 Å². The largest absolute Gasteiger partial charge is 0.481 e. The van der Waals surface area contributed by atoms with E-state index in [9.17, 15) is 4.79 Å². The predicted molar refractivity (Wildman–Crippen MR) is 62.7 cm³/mol. The molecule has 0 heterocycles. The third kappa shape index (κ3) is 3.24. The van der Waals surface area contributed by atoms with Gasteiger partial charge in [-0.05, 0) is 25.0 Å². The van der Waals surface area contributed by atoms with Crippen molar-refractivity contribution in [2.24, 2.45) is 0 Å². The average molecular weight is 223 g/mol. The van der Waals surface area contributed by atoms with E-state index in [1.807, 2.05) is 32.0 Å². The Bertz CT molecular complexity index is 356. The van der Waals surface area contributed by atoms with Gasteiger partial charge in [0.25, 0.3) is 0 Å². The second-order valence-corrected chi connectivity index (χ2v) is 3.89. The van der Waals surface area contributed by atoms with Gasteiger partial charge in [0.15, 0.2) is 0 Å². The fourth-order valence-electron chi connectivity index (χ4n) is 1.62. The number of nitrogens with one attached hydrogen (secondary N) is 1. The zero-order chi connectivity index (χ0) is 12.1. The number of aliphatic hydroxyl groups is 1. The highest BCUT2D eigenvalue weighted by Crippen LogP contribution is 2.20. The molecule has 0 aliphatic rings. The molecule has 0 saturated heterocycles. The van der Waals surface area contributed by atoms with E-state index in [-0.39, 0.29) is 13.0 Å². The van der Waals surface area contributed by atoms with Gasteiger partial charge in [0.05, 0.1) is 19.1 Å². The van der Waals surface area contributed by atoms with Crippen LogP contribution in [0.4, 0.5) is 5.69 Å². The fourth-order valence-corrected chi connectivity index (χ4v) is 1.62. The lowest BCUT2D eigenvalue weighted by atomic mass is 10.1. The molecule has 1 atom stereocenters. The number of anilines is 1. The fraction of sp³-hybridized carbons (Fsp3) is 0.417. The van der Waals surface area contributed by atoms with Gasteiger partial charge in [-0.15, -0.1) is 0 Å². The SMILES string of the molecule is Cc1cccc(C)c1NC(CO)CC(=O)O. The van der Waals surface area contributed by atoms with E-state index in [2.05, 4.69) is 5.32 Å². The van der Waals surface area contributed by atoms with Crippen LogP contribution in [0.1, 0.15) is 17.5 Å². The molecule has 0 bridgehead atoms. The Morgan fingerprint density at radius 2 is 1.94 bits per heavy atom. The molecule has 0 amide bonds. The van der Waals surface area contributed by atoms with E-state index >= 15 is 0 Å². The standard InChI is InChI=1S/C12H17NO3/c1-8-4-3-5-9(2)12(8)13-10(7-14)6-11(15)16/h3-5,10,13-14H,6-7H2,1-2H3,(H,15,16). The molecule has 0 aliphatic heterocycles. The average Bonchev–Trinajstić information content (AvgIpc) is 2.21. The minimum atomic E-state index is -0.919. The second-order valence-electron chi connectivity index (χ2n) is 3.89. The highest BCUT2D eigenvalue weighted by atomic mass is 16.4. The Morgan fingerprint density at radius 1 is 1.38 bits per heavy atom. The molecule has 4 heteroatoms. The minimum absolute atomic E-state index is 0.0930. The highest BCUT2D eigenvalue weighted by Gasteiger charge is 2.13. The number of para-hydroxylation sites is 1. The van der Waals surface area contributed by atoms with E-state index in [0.29, 0.717) is 0 Å². The van der Waals surface area contributed by atoms with E-state index in [1.165, 1.54) is 0 Å². The molecule has 0 spiro atoms. The zero-order valence-corrected chi connectivity index (χ0v) is 9.53. The van der Waals surface area contributed by atoms with Crippen molar-refractivity contribution in [3.05, 3.63) is 29.3 Å². The molecule has 16 heavy (non-hydrogen) atoms. The normalized spacial score (nSPS) is 12.2. The summed E-state index contributed by atoms with van der Waals surface area (Å²) in [6.07, 6.45) is -0.0930. The van der Waals surface area contributed by atoms with Crippen molar-refractivity contribution in [3.63, 3.8) is 0 Å².